The van der Waals surface area contributed by atoms with Crippen LogP contribution in [0.25, 0.3) is 0 Å². The van der Waals surface area contributed by atoms with Crippen LogP contribution < -0.4 is 4.74 Å². The zero-order valence-corrected chi connectivity index (χ0v) is 9.60. The molecule has 0 unspecified atom stereocenters. The molecule has 3 heteroatoms. The maximum absolute atomic E-state index is 11.1. The fourth-order valence-electron chi connectivity index (χ4n) is 1.86. The van der Waals surface area contributed by atoms with Crippen LogP contribution >= 0.6 is 11.6 Å². The van der Waals surface area contributed by atoms with Crippen molar-refractivity contribution in [3.63, 3.8) is 0 Å². The second-order valence-electron chi connectivity index (χ2n) is 4.47. The predicted molar refractivity (Wildman–Crippen MR) is 59.8 cm³/mol. The molecule has 1 aromatic carbocycles. The molecule has 0 bridgehead atoms. The number of fused-ring (bicyclic) bond motifs is 1. The van der Waals surface area contributed by atoms with Crippen molar-refractivity contribution < 1.29 is 9.53 Å². The Labute approximate surface area is 94.2 Å². The number of hydrogen-bond acceptors (Lipinski definition) is 2. The minimum absolute atomic E-state index is 0.0515. The molecule has 0 saturated heterocycles. The fourth-order valence-corrected chi connectivity index (χ4v) is 1.98. The molecule has 15 heavy (non-hydrogen) atoms. The topological polar surface area (TPSA) is 26.3 Å². The Morgan fingerprint density at radius 3 is 2.87 bits per heavy atom. The predicted octanol–water partition coefficient (Wildman–Crippen LogP) is 3.13. The maximum atomic E-state index is 11.1. The van der Waals surface area contributed by atoms with Gasteiger partial charge in [0.25, 0.3) is 5.24 Å². The van der Waals surface area contributed by atoms with E-state index in [1.807, 2.05) is 12.1 Å². The highest BCUT2D eigenvalue weighted by Crippen LogP contribution is 2.38. The Hall–Kier alpha value is -1.02. The lowest BCUT2D eigenvalue weighted by molar-refractivity contribution is 0.108. The molecule has 0 fully saturated rings. The fraction of sp³-hybridized carbons (Fsp3) is 0.417. The molecule has 1 aliphatic rings. The molecular formula is C12H13ClO2. The Balaban J connectivity index is 2.53. The molecule has 0 aromatic heterocycles. The van der Waals surface area contributed by atoms with E-state index >= 15 is 0 Å². The molecule has 1 aliphatic heterocycles. The average Bonchev–Trinajstić information content (AvgIpc) is 2.17. The van der Waals surface area contributed by atoms with Crippen molar-refractivity contribution in [2.24, 2.45) is 0 Å². The van der Waals surface area contributed by atoms with Crippen molar-refractivity contribution in [2.75, 3.05) is 6.61 Å². The second-order valence-corrected chi connectivity index (χ2v) is 4.81. The van der Waals surface area contributed by atoms with Gasteiger partial charge in [0.2, 0.25) is 0 Å². The van der Waals surface area contributed by atoms with Crippen LogP contribution in [0.5, 0.6) is 5.75 Å². The van der Waals surface area contributed by atoms with Gasteiger partial charge >= 0.3 is 0 Å². The van der Waals surface area contributed by atoms with Crippen molar-refractivity contribution in [3.8, 4) is 5.75 Å². The quantitative estimate of drug-likeness (QED) is 0.685. The first kappa shape index (κ1) is 10.5. The lowest BCUT2D eigenvalue weighted by atomic mass is 9.79. The van der Waals surface area contributed by atoms with E-state index in [1.165, 1.54) is 0 Å². The molecule has 2 nitrogen and oxygen atoms in total. The van der Waals surface area contributed by atoms with Crippen LogP contribution in [0.4, 0.5) is 0 Å². The zero-order valence-electron chi connectivity index (χ0n) is 8.84. The zero-order chi connectivity index (χ0) is 11.1. The standard InChI is InChI=1S/C12H13ClO2/c1-12(2)5-6-15-10-4-3-8(11(13)14)7-9(10)12/h3-4,7H,5-6H2,1-2H3. The lowest BCUT2D eigenvalue weighted by Crippen LogP contribution is -2.26. The van der Waals surface area contributed by atoms with Gasteiger partial charge in [-0.25, -0.2) is 0 Å². The first-order valence-corrected chi connectivity index (χ1v) is 5.36. The molecular weight excluding hydrogens is 212 g/mol. The molecule has 2 rings (SSSR count). The van der Waals surface area contributed by atoms with Crippen LogP contribution in [0.15, 0.2) is 18.2 Å². The van der Waals surface area contributed by atoms with Crippen LogP contribution in [0.3, 0.4) is 0 Å². The number of carbonyl (C=O) groups is 1. The van der Waals surface area contributed by atoms with E-state index in [-0.39, 0.29) is 5.41 Å². The Kier molecular flexibility index (Phi) is 2.47. The van der Waals surface area contributed by atoms with E-state index in [0.717, 1.165) is 24.3 Å². The smallest absolute Gasteiger partial charge is 0.252 e. The van der Waals surface area contributed by atoms with Gasteiger partial charge in [0.05, 0.1) is 6.61 Å². The third-order valence-electron chi connectivity index (χ3n) is 2.92. The SMILES string of the molecule is CC1(C)CCOc2ccc(C(=O)Cl)cc21. The summed E-state index contributed by atoms with van der Waals surface area (Å²) in [5, 5.41) is -0.417. The van der Waals surface area contributed by atoms with Crippen molar-refractivity contribution >= 4 is 16.8 Å². The number of ether oxygens (including phenoxy) is 1. The van der Waals surface area contributed by atoms with E-state index in [4.69, 9.17) is 16.3 Å². The molecule has 0 spiro atoms. The molecule has 0 atom stereocenters. The lowest BCUT2D eigenvalue weighted by Gasteiger charge is -2.32. The normalized spacial score (nSPS) is 17.8. The van der Waals surface area contributed by atoms with Gasteiger partial charge in [-0.05, 0) is 41.6 Å². The van der Waals surface area contributed by atoms with E-state index < -0.39 is 5.24 Å². The average molecular weight is 225 g/mol. The third-order valence-corrected chi connectivity index (χ3v) is 3.14. The first-order valence-electron chi connectivity index (χ1n) is 4.98. The summed E-state index contributed by atoms with van der Waals surface area (Å²) in [6.45, 7) is 5.03. The van der Waals surface area contributed by atoms with Gasteiger partial charge in [-0.1, -0.05) is 13.8 Å². The largest absolute Gasteiger partial charge is 0.493 e. The summed E-state index contributed by atoms with van der Waals surface area (Å²) in [6.07, 6.45) is 0.958. The van der Waals surface area contributed by atoms with E-state index in [2.05, 4.69) is 13.8 Å². The van der Waals surface area contributed by atoms with Crippen molar-refractivity contribution in [3.05, 3.63) is 29.3 Å². The molecule has 1 aromatic rings. The highest BCUT2D eigenvalue weighted by Gasteiger charge is 2.29. The number of hydrogen-bond donors (Lipinski definition) is 0. The van der Waals surface area contributed by atoms with Crippen molar-refractivity contribution in [2.45, 2.75) is 25.7 Å². The highest BCUT2D eigenvalue weighted by molar-refractivity contribution is 6.67. The van der Waals surface area contributed by atoms with Gasteiger partial charge in [-0.2, -0.15) is 0 Å². The molecule has 0 amide bonds. The summed E-state index contributed by atoms with van der Waals surface area (Å²) >= 11 is 5.46. The summed E-state index contributed by atoms with van der Waals surface area (Å²) in [6, 6.07) is 5.37. The Morgan fingerprint density at radius 2 is 2.20 bits per heavy atom. The van der Waals surface area contributed by atoms with Gasteiger partial charge in [0, 0.05) is 11.1 Å². The third kappa shape index (κ3) is 1.86. The summed E-state index contributed by atoms with van der Waals surface area (Å²) in [5.41, 5.74) is 1.66. The molecule has 80 valence electrons. The van der Waals surface area contributed by atoms with Crippen LogP contribution in [0, 0.1) is 0 Å². The van der Waals surface area contributed by atoms with Crippen LogP contribution in [-0.4, -0.2) is 11.8 Å². The maximum Gasteiger partial charge on any atom is 0.252 e. The minimum atomic E-state index is -0.417. The number of halogens is 1. The van der Waals surface area contributed by atoms with Crippen LogP contribution in [0.2, 0.25) is 0 Å². The van der Waals surface area contributed by atoms with Crippen LogP contribution in [-0.2, 0) is 5.41 Å². The van der Waals surface area contributed by atoms with E-state index in [0.29, 0.717) is 5.56 Å². The first-order chi connectivity index (χ1) is 7.00. The van der Waals surface area contributed by atoms with Gasteiger partial charge in [0.15, 0.2) is 0 Å². The van der Waals surface area contributed by atoms with Gasteiger partial charge in [0.1, 0.15) is 5.75 Å². The summed E-state index contributed by atoms with van der Waals surface area (Å²) in [7, 11) is 0. The number of rotatable bonds is 1. The van der Waals surface area contributed by atoms with E-state index in [9.17, 15) is 4.79 Å². The van der Waals surface area contributed by atoms with Crippen molar-refractivity contribution in [1.29, 1.82) is 0 Å². The van der Waals surface area contributed by atoms with E-state index in [1.54, 1.807) is 6.07 Å². The monoisotopic (exact) mass is 224 g/mol. The van der Waals surface area contributed by atoms with Crippen molar-refractivity contribution in [1.82, 2.24) is 0 Å². The van der Waals surface area contributed by atoms with Crippen LogP contribution in [0.1, 0.15) is 36.2 Å². The summed E-state index contributed by atoms with van der Waals surface area (Å²) in [5.74, 6) is 0.868. The second kappa shape index (κ2) is 3.53. The molecule has 0 radical (unpaired) electrons. The Morgan fingerprint density at radius 1 is 1.47 bits per heavy atom. The van der Waals surface area contributed by atoms with Gasteiger partial charge in [-0.3, -0.25) is 4.79 Å². The number of carbonyl (C=O) groups excluding carboxylic acids is 1. The van der Waals surface area contributed by atoms with Gasteiger partial charge in [-0.15, -0.1) is 0 Å². The highest BCUT2D eigenvalue weighted by atomic mass is 35.5. The molecule has 0 saturated carbocycles. The Bertz CT molecular complexity index is 410. The summed E-state index contributed by atoms with van der Waals surface area (Å²) < 4.78 is 5.54. The molecule has 0 aliphatic carbocycles. The minimum Gasteiger partial charge on any atom is -0.493 e. The number of benzene rings is 1. The molecule has 1 heterocycles. The molecule has 0 N–H and O–H groups in total. The summed E-state index contributed by atoms with van der Waals surface area (Å²) in [4.78, 5) is 11.1. The van der Waals surface area contributed by atoms with Gasteiger partial charge < -0.3 is 4.74 Å².